The molecule has 4 rings (SSSR count). The molecule has 5 nitrogen and oxygen atoms in total. The van der Waals surface area contributed by atoms with Crippen LogP contribution in [0.4, 0.5) is 0 Å². The van der Waals surface area contributed by atoms with Crippen molar-refractivity contribution in [3.05, 3.63) is 30.3 Å². The summed E-state index contributed by atoms with van der Waals surface area (Å²) < 4.78 is 27.9. The van der Waals surface area contributed by atoms with Crippen LogP contribution in [-0.4, -0.2) is 45.7 Å². The molecule has 2 aromatic rings. The summed E-state index contributed by atoms with van der Waals surface area (Å²) in [6.45, 7) is 2.54. The predicted molar refractivity (Wildman–Crippen MR) is 81.0 cm³/mol. The molecule has 2 atom stereocenters. The maximum absolute atomic E-state index is 6.00. The number of hydrogen-bond acceptors (Lipinski definition) is 5. The van der Waals surface area contributed by atoms with Crippen molar-refractivity contribution in [2.45, 2.75) is 12.2 Å². The first-order valence-corrected chi connectivity index (χ1v) is 7.43. The highest BCUT2D eigenvalue weighted by atomic mass is 16.6. The van der Waals surface area contributed by atoms with Gasteiger partial charge in [0.1, 0.15) is 25.4 Å². The SMILES string of the molecule is COc1cc2ccccc2c(OCC2CO2)c1OCC1CO1. The summed E-state index contributed by atoms with van der Waals surface area (Å²) in [6, 6.07) is 10.0. The molecule has 5 heteroatoms. The number of epoxide rings is 2. The first-order chi connectivity index (χ1) is 10.8. The number of fused-ring (bicyclic) bond motifs is 1. The van der Waals surface area contributed by atoms with Crippen LogP contribution in [0.1, 0.15) is 0 Å². The normalized spacial score (nSPS) is 22.4. The molecule has 2 saturated heterocycles. The third-order valence-corrected chi connectivity index (χ3v) is 3.77. The molecule has 2 fully saturated rings. The molecule has 2 aromatic carbocycles. The van der Waals surface area contributed by atoms with E-state index in [2.05, 4.69) is 0 Å². The van der Waals surface area contributed by atoms with E-state index in [1.807, 2.05) is 30.3 Å². The molecule has 0 bridgehead atoms. The standard InChI is InChI=1S/C17H18O5/c1-18-15-6-11-4-2-3-5-14(11)16(21-9-12-7-19-12)17(15)22-10-13-8-20-13/h2-6,12-13H,7-10H2,1H3. The Morgan fingerprint density at radius 2 is 1.64 bits per heavy atom. The van der Waals surface area contributed by atoms with Gasteiger partial charge in [0.2, 0.25) is 5.75 Å². The van der Waals surface area contributed by atoms with Crippen molar-refractivity contribution in [3.8, 4) is 17.2 Å². The quantitative estimate of drug-likeness (QED) is 0.735. The van der Waals surface area contributed by atoms with Crippen LogP contribution in [-0.2, 0) is 9.47 Å². The molecule has 0 saturated carbocycles. The molecule has 2 aliphatic rings. The first kappa shape index (κ1) is 13.7. The van der Waals surface area contributed by atoms with Gasteiger partial charge in [-0.15, -0.1) is 0 Å². The molecule has 0 radical (unpaired) electrons. The van der Waals surface area contributed by atoms with Gasteiger partial charge in [-0.1, -0.05) is 24.3 Å². The van der Waals surface area contributed by atoms with Crippen molar-refractivity contribution in [2.75, 3.05) is 33.5 Å². The zero-order valence-corrected chi connectivity index (χ0v) is 12.4. The van der Waals surface area contributed by atoms with Crippen LogP contribution in [0.15, 0.2) is 30.3 Å². The van der Waals surface area contributed by atoms with Gasteiger partial charge in [-0.25, -0.2) is 0 Å². The number of methoxy groups -OCH3 is 1. The number of ether oxygens (including phenoxy) is 5. The van der Waals surface area contributed by atoms with E-state index in [-0.39, 0.29) is 12.2 Å². The highest BCUT2D eigenvalue weighted by Gasteiger charge is 2.28. The lowest BCUT2D eigenvalue weighted by molar-refractivity contribution is 0.222. The number of hydrogen-bond donors (Lipinski definition) is 0. The molecule has 0 aliphatic carbocycles. The molecule has 2 aliphatic heterocycles. The Hall–Kier alpha value is -1.98. The van der Waals surface area contributed by atoms with Crippen molar-refractivity contribution < 1.29 is 23.7 Å². The van der Waals surface area contributed by atoms with Gasteiger partial charge in [-0.05, 0) is 11.5 Å². The zero-order valence-electron chi connectivity index (χ0n) is 12.4. The van der Waals surface area contributed by atoms with Crippen molar-refractivity contribution >= 4 is 10.8 Å². The largest absolute Gasteiger partial charge is 0.493 e. The second-order valence-corrected chi connectivity index (χ2v) is 5.49. The maximum Gasteiger partial charge on any atom is 0.204 e. The summed E-state index contributed by atoms with van der Waals surface area (Å²) in [5.74, 6) is 2.02. The fraction of sp³-hybridized carbons (Fsp3) is 0.412. The molecule has 2 unspecified atom stereocenters. The lowest BCUT2D eigenvalue weighted by atomic mass is 10.1. The second kappa shape index (κ2) is 5.66. The van der Waals surface area contributed by atoms with Crippen molar-refractivity contribution in [3.63, 3.8) is 0 Å². The Bertz CT molecular complexity index is 676. The highest BCUT2D eigenvalue weighted by molar-refractivity contribution is 5.93. The van der Waals surface area contributed by atoms with Gasteiger partial charge in [0.05, 0.1) is 20.3 Å². The summed E-state index contributed by atoms with van der Waals surface area (Å²) in [5.41, 5.74) is 0. The Morgan fingerprint density at radius 3 is 2.27 bits per heavy atom. The lowest BCUT2D eigenvalue weighted by Gasteiger charge is -2.17. The molecule has 116 valence electrons. The van der Waals surface area contributed by atoms with Gasteiger partial charge >= 0.3 is 0 Å². The van der Waals surface area contributed by atoms with Gasteiger partial charge in [-0.2, -0.15) is 0 Å². The fourth-order valence-electron chi connectivity index (χ4n) is 2.38. The maximum atomic E-state index is 6.00. The van der Waals surface area contributed by atoms with Crippen LogP contribution < -0.4 is 14.2 Å². The molecular weight excluding hydrogens is 284 g/mol. The number of benzene rings is 2. The fourth-order valence-corrected chi connectivity index (χ4v) is 2.38. The average Bonchev–Trinajstić information content (AvgIpc) is 3.44. The second-order valence-electron chi connectivity index (χ2n) is 5.49. The Kier molecular flexibility index (Phi) is 3.52. The van der Waals surface area contributed by atoms with Crippen LogP contribution in [0.2, 0.25) is 0 Å². The third-order valence-electron chi connectivity index (χ3n) is 3.77. The molecule has 0 spiro atoms. The minimum absolute atomic E-state index is 0.177. The van der Waals surface area contributed by atoms with E-state index in [1.54, 1.807) is 7.11 Å². The minimum Gasteiger partial charge on any atom is -0.493 e. The average molecular weight is 302 g/mol. The van der Waals surface area contributed by atoms with Crippen LogP contribution in [0, 0.1) is 0 Å². The topological polar surface area (TPSA) is 52.8 Å². The molecule has 2 heterocycles. The smallest absolute Gasteiger partial charge is 0.204 e. The van der Waals surface area contributed by atoms with Crippen LogP contribution in [0.25, 0.3) is 10.8 Å². The van der Waals surface area contributed by atoms with Crippen LogP contribution >= 0.6 is 0 Å². The lowest BCUT2D eigenvalue weighted by Crippen LogP contribution is -2.10. The molecular formula is C17H18O5. The zero-order chi connectivity index (χ0) is 14.9. The monoisotopic (exact) mass is 302 g/mol. The van der Waals surface area contributed by atoms with E-state index in [9.17, 15) is 0 Å². The van der Waals surface area contributed by atoms with Gasteiger partial charge < -0.3 is 23.7 Å². The molecule has 0 aromatic heterocycles. The van der Waals surface area contributed by atoms with E-state index in [4.69, 9.17) is 23.7 Å². The third kappa shape index (κ3) is 2.82. The Labute approximate surface area is 128 Å². The van der Waals surface area contributed by atoms with Crippen LogP contribution in [0.5, 0.6) is 17.2 Å². The molecule has 22 heavy (non-hydrogen) atoms. The van der Waals surface area contributed by atoms with Gasteiger partial charge in [-0.3, -0.25) is 0 Å². The molecule has 0 amide bonds. The van der Waals surface area contributed by atoms with Crippen LogP contribution in [0.3, 0.4) is 0 Å². The number of rotatable bonds is 7. The minimum atomic E-state index is 0.177. The summed E-state index contributed by atoms with van der Waals surface area (Å²) in [5, 5.41) is 2.07. The summed E-state index contributed by atoms with van der Waals surface area (Å²) in [4.78, 5) is 0. The summed E-state index contributed by atoms with van der Waals surface area (Å²) in [6.07, 6.45) is 0.361. The van der Waals surface area contributed by atoms with Gasteiger partial charge in [0.25, 0.3) is 0 Å². The van der Waals surface area contributed by atoms with Crippen molar-refractivity contribution in [2.24, 2.45) is 0 Å². The summed E-state index contributed by atoms with van der Waals surface area (Å²) >= 11 is 0. The van der Waals surface area contributed by atoms with E-state index in [0.29, 0.717) is 30.5 Å². The van der Waals surface area contributed by atoms with E-state index < -0.39 is 0 Å². The van der Waals surface area contributed by atoms with Gasteiger partial charge in [0.15, 0.2) is 11.5 Å². The van der Waals surface area contributed by atoms with Crippen molar-refractivity contribution in [1.82, 2.24) is 0 Å². The Balaban J connectivity index is 1.73. The Morgan fingerprint density at radius 1 is 1.00 bits per heavy atom. The van der Waals surface area contributed by atoms with Gasteiger partial charge in [0, 0.05) is 5.39 Å². The first-order valence-electron chi connectivity index (χ1n) is 7.43. The van der Waals surface area contributed by atoms with Crippen molar-refractivity contribution in [1.29, 1.82) is 0 Å². The van der Waals surface area contributed by atoms with E-state index in [0.717, 1.165) is 24.0 Å². The van der Waals surface area contributed by atoms with E-state index >= 15 is 0 Å². The highest BCUT2D eigenvalue weighted by Crippen LogP contribution is 2.44. The predicted octanol–water partition coefficient (Wildman–Crippen LogP) is 2.40. The summed E-state index contributed by atoms with van der Waals surface area (Å²) in [7, 11) is 1.64. The van der Waals surface area contributed by atoms with E-state index in [1.165, 1.54) is 0 Å². The molecule has 0 N–H and O–H groups in total.